The zero-order chi connectivity index (χ0) is 17.7. The maximum Gasteiger partial charge on any atom is 0.180 e. The summed E-state index contributed by atoms with van der Waals surface area (Å²) in [5, 5.41) is 0.464. The predicted molar refractivity (Wildman–Crippen MR) is 97.0 cm³/mol. The van der Waals surface area contributed by atoms with Crippen molar-refractivity contribution >= 4 is 35.1 Å². The summed E-state index contributed by atoms with van der Waals surface area (Å²) < 4.78 is 24.3. The molecule has 2 aromatic carbocycles. The first kappa shape index (κ1) is 18.6. The fourth-order valence-electron chi connectivity index (χ4n) is 1.93. The second kappa shape index (κ2) is 8.36. The van der Waals surface area contributed by atoms with Gasteiger partial charge in [-0.1, -0.05) is 30.1 Å². The molecule has 0 saturated heterocycles. The second-order valence-electron chi connectivity index (χ2n) is 5.23. The molecule has 0 radical (unpaired) electrons. The van der Waals surface area contributed by atoms with Gasteiger partial charge in [-0.2, -0.15) is 0 Å². The number of hydrogen-bond donors (Lipinski definition) is 0. The summed E-state index contributed by atoms with van der Waals surface area (Å²) >= 11 is 12.0. The van der Waals surface area contributed by atoms with Gasteiger partial charge >= 0.3 is 0 Å². The highest BCUT2D eigenvalue weighted by atomic mass is 35.5. The van der Waals surface area contributed by atoms with E-state index in [2.05, 4.69) is 4.99 Å². The predicted octanol–water partition coefficient (Wildman–Crippen LogP) is 6.07. The van der Waals surface area contributed by atoms with E-state index in [1.807, 2.05) is 13.8 Å². The lowest BCUT2D eigenvalue weighted by atomic mass is 10.2. The molecule has 24 heavy (non-hydrogen) atoms. The van der Waals surface area contributed by atoms with Crippen LogP contribution in [0.3, 0.4) is 0 Å². The maximum atomic E-state index is 13.2. The SMILES string of the molecule is CC[C@H](C)Oc1c(Cl)cc(C=Nc2ccc(F)c(Cl)c2)cc1OC. The van der Waals surface area contributed by atoms with Gasteiger partial charge < -0.3 is 9.47 Å². The molecule has 0 aliphatic rings. The van der Waals surface area contributed by atoms with Crippen LogP contribution in [0.5, 0.6) is 11.5 Å². The van der Waals surface area contributed by atoms with E-state index < -0.39 is 5.82 Å². The Hall–Kier alpha value is -1.78. The van der Waals surface area contributed by atoms with E-state index in [1.165, 1.54) is 18.2 Å². The molecule has 0 fully saturated rings. The van der Waals surface area contributed by atoms with Crippen LogP contribution in [0.15, 0.2) is 35.3 Å². The standard InChI is InChI=1S/C18H18Cl2FNO2/c1-4-11(2)24-18-15(20)7-12(8-17(18)23-3)10-22-13-5-6-16(21)14(19)9-13/h5-11H,4H2,1-3H3/t11-/m0/s1. The number of rotatable bonds is 6. The van der Waals surface area contributed by atoms with Crippen molar-refractivity contribution in [1.82, 2.24) is 0 Å². The van der Waals surface area contributed by atoms with E-state index in [0.717, 1.165) is 12.0 Å². The number of aliphatic imine (C=N–C) groups is 1. The molecule has 6 heteroatoms. The van der Waals surface area contributed by atoms with Crippen LogP contribution in [0.25, 0.3) is 0 Å². The Bertz CT molecular complexity index is 750. The smallest absolute Gasteiger partial charge is 0.180 e. The quantitative estimate of drug-likeness (QED) is 0.578. The average Bonchev–Trinajstić information content (AvgIpc) is 2.57. The number of benzene rings is 2. The van der Waals surface area contributed by atoms with Crippen molar-refractivity contribution in [2.75, 3.05) is 7.11 Å². The molecule has 2 aromatic rings. The van der Waals surface area contributed by atoms with Gasteiger partial charge in [-0.05, 0) is 49.2 Å². The molecule has 0 saturated carbocycles. The third kappa shape index (κ3) is 4.62. The van der Waals surface area contributed by atoms with Gasteiger partial charge in [-0.25, -0.2) is 4.39 Å². The zero-order valence-corrected chi connectivity index (χ0v) is 15.2. The van der Waals surface area contributed by atoms with Crippen LogP contribution < -0.4 is 9.47 Å². The summed E-state index contributed by atoms with van der Waals surface area (Å²) in [6, 6.07) is 7.77. The molecule has 0 aliphatic carbocycles. The Labute approximate surface area is 151 Å². The number of methoxy groups -OCH3 is 1. The highest BCUT2D eigenvalue weighted by Gasteiger charge is 2.14. The topological polar surface area (TPSA) is 30.8 Å². The van der Waals surface area contributed by atoms with Crippen LogP contribution in [-0.4, -0.2) is 19.4 Å². The highest BCUT2D eigenvalue weighted by molar-refractivity contribution is 6.32. The van der Waals surface area contributed by atoms with Crippen molar-refractivity contribution in [1.29, 1.82) is 0 Å². The first-order chi connectivity index (χ1) is 11.4. The van der Waals surface area contributed by atoms with E-state index >= 15 is 0 Å². The first-order valence-electron chi connectivity index (χ1n) is 7.48. The molecule has 3 nitrogen and oxygen atoms in total. The fraction of sp³-hybridized carbons (Fsp3) is 0.278. The van der Waals surface area contributed by atoms with E-state index in [-0.39, 0.29) is 11.1 Å². The van der Waals surface area contributed by atoms with Crippen molar-refractivity contribution in [3.63, 3.8) is 0 Å². The lowest BCUT2D eigenvalue weighted by Crippen LogP contribution is -2.11. The van der Waals surface area contributed by atoms with Gasteiger partial charge in [0.05, 0.1) is 28.9 Å². The van der Waals surface area contributed by atoms with Gasteiger partial charge in [-0.15, -0.1) is 0 Å². The Morgan fingerprint density at radius 2 is 1.96 bits per heavy atom. The molecule has 1 atom stereocenters. The number of nitrogens with zero attached hydrogens (tertiary/aromatic N) is 1. The molecule has 0 heterocycles. The van der Waals surface area contributed by atoms with Crippen molar-refractivity contribution in [3.8, 4) is 11.5 Å². The largest absolute Gasteiger partial charge is 0.493 e. The summed E-state index contributed by atoms with van der Waals surface area (Å²) in [6.45, 7) is 3.99. The summed E-state index contributed by atoms with van der Waals surface area (Å²) in [5.74, 6) is 0.559. The van der Waals surface area contributed by atoms with Gasteiger partial charge in [0.1, 0.15) is 5.82 Å². The van der Waals surface area contributed by atoms with Gasteiger partial charge in [-0.3, -0.25) is 4.99 Å². The number of hydrogen-bond acceptors (Lipinski definition) is 3. The molecule has 0 aromatic heterocycles. The van der Waals surface area contributed by atoms with E-state index in [1.54, 1.807) is 25.5 Å². The third-order valence-electron chi connectivity index (χ3n) is 3.41. The Balaban J connectivity index is 2.29. The van der Waals surface area contributed by atoms with Gasteiger partial charge in [0.2, 0.25) is 0 Å². The number of halogens is 3. The minimum Gasteiger partial charge on any atom is -0.493 e. The molecule has 0 aliphatic heterocycles. The van der Waals surface area contributed by atoms with Gasteiger partial charge in [0, 0.05) is 6.21 Å². The van der Waals surface area contributed by atoms with Gasteiger partial charge in [0.15, 0.2) is 11.5 Å². The molecule has 2 rings (SSSR count). The summed E-state index contributed by atoms with van der Waals surface area (Å²) in [7, 11) is 1.55. The molecule has 0 amide bonds. The molecular formula is C18H18Cl2FNO2. The van der Waals surface area contributed by atoms with Crippen LogP contribution in [0, 0.1) is 5.82 Å². The Morgan fingerprint density at radius 3 is 2.58 bits per heavy atom. The van der Waals surface area contributed by atoms with Crippen LogP contribution in [-0.2, 0) is 0 Å². The van der Waals surface area contributed by atoms with Crippen LogP contribution in [0.1, 0.15) is 25.8 Å². The molecule has 0 spiro atoms. The Morgan fingerprint density at radius 1 is 1.21 bits per heavy atom. The molecule has 0 unspecified atom stereocenters. The molecule has 0 bridgehead atoms. The first-order valence-corrected chi connectivity index (χ1v) is 8.23. The minimum absolute atomic E-state index is 0.0253. The van der Waals surface area contributed by atoms with Crippen molar-refractivity contribution in [2.24, 2.45) is 4.99 Å². The van der Waals surface area contributed by atoms with Crippen molar-refractivity contribution < 1.29 is 13.9 Å². The van der Waals surface area contributed by atoms with Crippen LogP contribution in [0.4, 0.5) is 10.1 Å². The fourth-order valence-corrected chi connectivity index (χ4v) is 2.37. The van der Waals surface area contributed by atoms with Crippen LogP contribution >= 0.6 is 23.2 Å². The third-order valence-corrected chi connectivity index (χ3v) is 3.98. The van der Waals surface area contributed by atoms with Crippen molar-refractivity contribution in [2.45, 2.75) is 26.4 Å². The Kier molecular flexibility index (Phi) is 6.46. The zero-order valence-electron chi connectivity index (χ0n) is 13.6. The van der Waals surface area contributed by atoms with E-state index in [4.69, 9.17) is 32.7 Å². The normalized spacial score (nSPS) is 12.4. The second-order valence-corrected chi connectivity index (χ2v) is 6.04. The number of ether oxygens (including phenoxy) is 2. The van der Waals surface area contributed by atoms with E-state index in [9.17, 15) is 4.39 Å². The summed E-state index contributed by atoms with van der Waals surface area (Å²) in [6.07, 6.45) is 2.48. The van der Waals surface area contributed by atoms with Crippen LogP contribution in [0.2, 0.25) is 10.0 Å². The van der Waals surface area contributed by atoms with Gasteiger partial charge in [0.25, 0.3) is 0 Å². The molecule has 0 N–H and O–H groups in total. The van der Waals surface area contributed by atoms with Crippen molar-refractivity contribution in [3.05, 3.63) is 51.8 Å². The average molecular weight is 370 g/mol. The van der Waals surface area contributed by atoms with E-state index in [0.29, 0.717) is 22.2 Å². The lowest BCUT2D eigenvalue weighted by Gasteiger charge is -2.17. The maximum absolute atomic E-state index is 13.2. The summed E-state index contributed by atoms with van der Waals surface area (Å²) in [5.41, 5.74) is 1.27. The molecular weight excluding hydrogens is 352 g/mol. The summed E-state index contributed by atoms with van der Waals surface area (Å²) in [4.78, 5) is 4.27. The monoisotopic (exact) mass is 369 g/mol. The minimum atomic E-state index is -0.480. The highest BCUT2D eigenvalue weighted by Crippen LogP contribution is 2.37. The molecule has 128 valence electrons. The lowest BCUT2D eigenvalue weighted by molar-refractivity contribution is 0.208.